The Hall–Kier alpha value is -1.46. The Labute approximate surface area is 151 Å². The van der Waals surface area contributed by atoms with Gasteiger partial charge in [0, 0.05) is 45.2 Å². The molecule has 1 aliphatic heterocycles. The Morgan fingerprint density at radius 3 is 2.52 bits per heavy atom. The standard InChI is InChI=1S/C20H32FN3O/c1-16(2)19-15-24(20(25)10-13-22(3)4)12-5-11-23(19)14-17-6-8-18(21)9-7-17/h6-9,16,19H,5,10-15H2,1-4H3/t19-/m1/s1. The summed E-state index contributed by atoms with van der Waals surface area (Å²) in [4.78, 5) is 19.1. The highest BCUT2D eigenvalue weighted by Crippen LogP contribution is 2.20. The normalized spacial score (nSPS) is 19.5. The molecule has 4 nitrogen and oxygen atoms in total. The van der Waals surface area contributed by atoms with E-state index in [9.17, 15) is 9.18 Å². The molecule has 5 heteroatoms. The molecule has 2 rings (SSSR count). The Morgan fingerprint density at radius 2 is 1.92 bits per heavy atom. The molecular formula is C20H32FN3O. The van der Waals surface area contributed by atoms with Gasteiger partial charge in [-0.15, -0.1) is 0 Å². The Bertz CT molecular complexity index is 544. The molecule has 0 bridgehead atoms. The van der Waals surface area contributed by atoms with E-state index >= 15 is 0 Å². The van der Waals surface area contributed by atoms with E-state index in [1.54, 1.807) is 0 Å². The number of nitrogens with zero attached hydrogens (tertiary/aromatic N) is 3. The van der Waals surface area contributed by atoms with Gasteiger partial charge in [0.05, 0.1) is 0 Å². The van der Waals surface area contributed by atoms with E-state index in [0.717, 1.165) is 44.7 Å². The van der Waals surface area contributed by atoms with Gasteiger partial charge < -0.3 is 9.80 Å². The van der Waals surface area contributed by atoms with Gasteiger partial charge >= 0.3 is 0 Å². The lowest BCUT2D eigenvalue weighted by atomic mass is 10.0. The van der Waals surface area contributed by atoms with Gasteiger partial charge in [-0.25, -0.2) is 4.39 Å². The SMILES string of the molecule is CC(C)[C@H]1CN(C(=O)CCN(C)C)CCCN1Cc1ccc(F)cc1. The molecule has 1 saturated heterocycles. The third kappa shape index (κ3) is 6.08. The number of rotatable bonds is 6. The lowest BCUT2D eigenvalue weighted by molar-refractivity contribution is -0.132. The van der Waals surface area contributed by atoms with Gasteiger partial charge in [0.25, 0.3) is 0 Å². The minimum absolute atomic E-state index is 0.197. The minimum atomic E-state index is -0.197. The van der Waals surface area contributed by atoms with Crippen molar-refractivity contribution in [2.24, 2.45) is 5.92 Å². The van der Waals surface area contributed by atoms with Gasteiger partial charge in [-0.3, -0.25) is 9.69 Å². The van der Waals surface area contributed by atoms with Crippen molar-refractivity contribution in [3.05, 3.63) is 35.6 Å². The lowest BCUT2D eigenvalue weighted by Crippen LogP contribution is -2.45. The fraction of sp³-hybridized carbons (Fsp3) is 0.650. The maximum atomic E-state index is 13.1. The van der Waals surface area contributed by atoms with E-state index in [-0.39, 0.29) is 11.7 Å². The monoisotopic (exact) mass is 349 g/mol. The molecule has 1 amide bonds. The highest BCUT2D eigenvalue weighted by atomic mass is 19.1. The fourth-order valence-corrected chi connectivity index (χ4v) is 3.42. The van der Waals surface area contributed by atoms with E-state index < -0.39 is 0 Å². The summed E-state index contributed by atoms with van der Waals surface area (Å²) in [5.74, 6) is 0.517. The fourth-order valence-electron chi connectivity index (χ4n) is 3.42. The second-order valence-electron chi connectivity index (χ2n) is 7.65. The summed E-state index contributed by atoms with van der Waals surface area (Å²) in [5.41, 5.74) is 1.12. The third-order valence-electron chi connectivity index (χ3n) is 4.94. The summed E-state index contributed by atoms with van der Waals surface area (Å²) in [6, 6.07) is 7.09. The first-order valence-electron chi connectivity index (χ1n) is 9.28. The van der Waals surface area contributed by atoms with Crippen molar-refractivity contribution in [2.45, 2.75) is 39.3 Å². The molecule has 0 aromatic heterocycles. The molecule has 0 saturated carbocycles. The van der Waals surface area contributed by atoms with Gasteiger partial charge in [0.1, 0.15) is 5.82 Å². The first-order valence-corrected chi connectivity index (χ1v) is 9.28. The van der Waals surface area contributed by atoms with Crippen LogP contribution in [0.15, 0.2) is 24.3 Å². The van der Waals surface area contributed by atoms with Gasteiger partial charge in [-0.1, -0.05) is 26.0 Å². The van der Waals surface area contributed by atoms with Crippen LogP contribution >= 0.6 is 0 Å². The first kappa shape index (κ1) is 19.9. The van der Waals surface area contributed by atoms with E-state index in [0.29, 0.717) is 18.4 Å². The maximum absolute atomic E-state index is 13.1. The molecule has 25 heavy (non-hydrogen) atoms. The minimum Gasteiger partial charge on any atom is -0.341 e. The van der Waals surface area contributed by atoms with Crippen LogP contribution in [0.5, 0.6) is 0 Å². The molecule has 0 aliphatic carbocycles. The molecule has 0 spiro atoms. The zero-order valence-corrected chi connectivity index (χ0v) is 16.0. The summed E-state index contributed by atoms with van der Waals surface area (Å²) in [7, 11) is 3.99. The molecular weight excluding hydrogens is 317 g/mol. The molecule has 1 fully saturated rings. The van der Waals surface area contributed by atoms with Crippen LogP contribution in [0.1, 0.15) is 32.3 Å². The van der Waals surface area contributed by atoms with Gasteiger partial charge in [0.2, 0.25) is 5.91 Å². The van der Waals surface area contributed by atoms with Crippen LogP contribution in [0.25, 0.3) is 0 Å². The van der Waals surface area contributed by atoms with Crippen LogP contribution in [0.2, 0.25) is 0 Å². The lowest BCUT2D eigenvalue weighted by Gasteiger charge is -2.34. The predicted molar refractivity (Wildman–Crippen MR) is 99.8 cm³/mol. The van der Waals surface area contributed by atoms with Crippen molar-refractivity contribution in [3.8, 4) is 0 Å². The summed E-state index contributed by atoms with van der Waals surface area (Å²) < 4.78 is 13.1. The van der Waals surface area contributed by atoms with E-state index in [2.05, 4.69) is 23.6 Å². The maximum Gasteiger partial charge on any atom is 0.223 e. The van der Waals surface area contributed by atoms with Crippen LogP contribution in [0.3, 0.4) is 0 Å². The third-order valence-corrected chi connectivity index (χ3v) is 4.94. The number of hydrogen-bond donors (Lipinski definition) is 0. The molecule has 1 heterocycles. The van der Waals surface area contributed by atoms with Crippen molar-refractivity contribution < 1.29 is 9.18 Å². The number of hydrogen-bond acceptors (Lipinski definition) is 3. The van der Waals surface area contributed by atoms with Crippen LogP contribution in [0, 0.1) is 11.7 Å². The van der Waals surface area contributed by atoms with Crippen LogP contribution < -0.4 is 0 Å². The number of carbonyl (C=O) groups excluding carboxylic acids is 1. The number of amides is 1. The average molecular weight is 349 g/mol. The van der Waals surface area contributed by atoms with Crippen molar-refractivity contribution >= 4 is 5.91 Å². The number of benzene rings is 1. The summed E-state index contributed by atoms with van der Waals surface area (Å²) in [6.45, 7) is 8.62. The molecule has 1 aromatic carbocycles. The van der Waals surface area contributed by atoms with Crippen molar-refractivity contribution in [3.63, 3.8) is 0 Å². The zero-order valence-electron chi connectivity index (χ0n) is 16.0. The number of carbonyl (C=O) groups is 1. The Kier molecular flexibility index (Phi) is 7.38. The van der Waals surface area contributed by atoms with Gasteiger partial charge in [-0.05, 0) is 44.1 Å². The van der Waals surface area contributed by atoms with E-state index in [1.165, 1.54) is 12.1 Å². The average Bonchev–Trinajstić information content (AvgIpc) is 2.77. The highest BCUT2D eigenvalue weighted by Gasteiger charge is 2.29. The first-order chi connectivity index (χ1) is 11.9. The second kappa shape index (κ2) is 9.30. The predicted octanol–water partition coefficient (Wildman–Crippen LogP) is 2.84. The quantitative estimate of drug-likeness (QED) is 0.790. The van der Waals surface area contributed by atoms with Crippen molar-refractivity contribution in [1.29, 1.82) is 0 Å². The number of halogens is 1. The smallest absolute Gasteiger partial charge is 0.223 e. The molecule has 0 N–H and O–H groups in total. The van der Waals surface area contributed by atoms with Crippen molar-refractivity contribution in [2.75, 3.05) is 40.3 Å². The molecule has 0 unspecified atom stereocenters. The molecule has 1 atom stereocenters. The second-order valence-corrected chi connectivity index (χ2v) is 7.65. The van der Waals surface area contributed by atoms with Crippen LogP contribution in [0.4, 0.5) is 4.39 Å². The largest absolute Gasteiger partial charge is 0.341 e. The van der Waals surface area contributed by atoms with Gasteiger partial charge in [-0.2, -0.15) is 0 Å². The molecule has 0 radical (unpaired) electrons. The van der Waals surface area contributed by atoms with E-state index in [1.807, 2.05) is 31.1 Å². The molecule has 1 aliphatic rings. The van der Waals surface area contributed by atoms with E-state index in [4.69, 9.17) is 0 Å². The van der Waals surface area contributed by atoms with Gasteiger partial charge in [0.15, 0.2) is 0 Å². The summed E-state index contributed by atoms with van der Waals surface area (Å²) >= 11 is 0. The van der Waals surface area contributed by atoms with Crippen LogP contribution in [-0.4, -0.2) is 66.9 Å². The summed E-state index contributed by atoms with van der Waals surface area (Å²) in [6.07, 6.45) is 1.56. The Morgan fingerprint density at radius 1 is 1.24 bits per heavy atom. The topological polar surface area (TPSA) is 26.8 Å². The Balaban J connectivity index is 2.04. The highest BCUT2D eigenvalue weighted by molar-refractivity contribution is 5.76. The zero-order chi connectivity index (χ0) is 18.4. The summed E-state index contributed by atoms with van der Waals surface area (Å²) in [5, 5.41) is 0. The van der Waals surface area contributed by atoms with Crippen molar-refractivity contribution in [1.82, 2.24) is 14.7 Å². The van der Waals surface area contributed by atoms with Crippen LogP contribution in [-0.2, 0) is 11.3 Å². The molecule has 140 valence electrons. The molecule has 1 aromatic rings.